The van der Waals surface area contributed by atoms with Gasteiger partial charge in [-0.25, -0.2) is 8.78 Å². The highest BCUT2D eigenvalue weighted by atomic mass is 19.1. The molecule has 1 unspecified atom stereocenters. The highest BCUT2D eigenvalue weighted by Gasteiger charge is 2.15. The SMILES string of the molecule is CC(NC(=O)c1ccc(F)c(COc2ccc(F)cc2)c1)C(N)=O. The monoisotopic (exact) mass is 334 g/mol. The summed E-state index contributed by atoms with van der Waals surface area (Å²) in [7, 11) is 0. The van der Waals surface area contributed by atoms with Crippen molar-refractivity contribution in [1.29, 1.82) is 0 Å². The number of primary amides is 1. The Morgan fingerprint density at radius 2 is 1.83 bits per heavy atom. The molecule has 0 radical (unpaired) electrons. The summed E-state index contributed by atoms with van der Waals surface area (Å²) in [5, 5.41) is 2.40. The molecule has 2 rings (SSSR count). The molecule has 126 valence electrons. The second kappa shape index (κ2) is 7.54. The van der Waals surface area contributed by atoms with Crippen molar-refractivity contribution in [3.8, 4) is 5.75 Å². The van der Waals surface area contributed by atoms with Crippen molar-refractivity contribution in [3.05, 3.63) is 65.2 Å². The van der Waals surface area contributed by atoms with Crippen LogP contribution in [-0.4, -0.2) is 17.9 Å². The average Bonchev–Trinajstić information content (AvgIpc) is 2.55. The van der Waals surface area contributed by atoms with Crippen LogP contribution in [0.5, 0.6) is 5.75 Å². The smallest absolute Gasteiger partial charge is 0.251 e. The van der Waals surface area contributed by atoms with Gasteiger partial charge in [0, 0.05) is 11.1 Å². The Bertz CT molecular complexity index is 748. The number of nitrogens with two attached hydrogens (primary N) is 1. The molecule has 0 aromatic heterocycles. The summed E-state index contributed by atoms with van der Waals surface area (Å²) < 4.78 is 32.0. The first-order chi connectivity index (χ1) is 11.4. The third kappa shape index (κ3) is 4.52. The summed E-state index contributed by atoms with van der Waals surface area (Å²) in [6.45, 7) is 1.31. The molecule has 5 nitrogen and oxygen atoms in total. The van der Waals surface area contributed by atoms with E-state index < -0.39 is 29.5 Å². The van der Waals surface area contributed by atoms with Crippen LogP contribution < -0.4 is 15.8 Å². The van der Waals surface area contributed by atoms with Gasteiger partial charge < -0.3 is 15.8 Å². The zero-order chi connectivity index (χ0) is 17.7. The van der Waals surface area contributed by atoms with E-state index in [-0.39, 0.29) is 17.7 Å². The van der Waals surface area contributed by atoms with Gasteiger partial charge in [0.15, 0.2) is 0 Å². The van der Waals surface area contributed by atoms with E-state index in [2.05, 4.69) is 5.32 Å². The topological polar surface area (TPSA) is 81.4 Å². The lowest BCUT2D eigenvalue weighted by Crippen LogP contribution is -2.42. The van der Waals surface area contributed by atoms with E-state index in [9.17, 15) is 18.4 Å². The highest BCUT2D eigenvalue weighted by Crippen LogP contribution is 2.16. The molecule has 2 amide bonds. The van der Waals surface area contributed by atoms with Crippen molar-refractivity contribution in [1.82, 2.24) is 5.32 Å². The van der Waals surface area contributed by atoms with E-state index >= 15 is 0 Å². The number of hydrogen-bond acceptors (Lipinski definition) is 3. The number of halogens is 2. The van der Waals surface area contributed by atoms with E-state index in [0.717, 1.165) is 6.07 Å². The Morgan fingerprint density at radius 1 is 1.17 bits per heavy atom. The van der Waals surface area contributed by atoms with Crippen LogP contribution in [0.2, 0.25) is 0 Å². The normalized spacial score (nSPS) is 11.6. The van der Waals surface area contributed by atoms with Crippen molar-refractivity contribution in [2.45, 2.75) is 19.6 Å². The molecule has 0 aliphatic heterocycles. The number of rotatable bonds is 6. The number of carbonyl (C=O) groups is 2. The first-order valence-electron chi connectivity index (χ1n) is 7.14. The number of amides is 2. The van der Waals surface area contributed by atoms with Gasteiger partial charge in [0.05, 0.1) is 0 Å². The Morgan fingerprint density at radius 3 is 2.46 bits per heavy atom. The molecule has 0 heterocycles. The van der Waals surface area contributed by atoms with E-state index in [4.69, 9.17) is 10.5 Å². The quantitative estimate of drug-likeness (QED) is 0.849. The fraction of sp³-hybridized carbons (Fsp3) is 0.176. The van der Waals surface area contributed by atoms with Gasteiger partial charge in [-0.05, 0) is 49.4 Å². The van der Waals surface area contributed by atoms with Crippen molar-refractivity contribution in [2.24, 2.45) is 5.73 Å². The Kier molecular flexibility index (Phi) is 5.47. The van der Waals surface area contributed by atoms with Gasteiger partial charge in [-0.1, -0.05) is 0 Å². The van der Waals surface area contributed by atoms with Crippen LogP contribution in [0.1, 0.15) is 22.8 Å². The zero-order valence-electron chi connectivity index (χ0n) is 12.9. The van der Waals surface area contributed by atoms with Gasteiger partial charge in [0.1, 0.15) is 30.0 Å². The lowest BCUT2D eigenvalue weighted by molar-refractivity contribution is -0.119. The first kappa shape index (κ1) is 17.4. The number of hydrogen-bond donors (Lipinski definition) is 2. The predicted molar refractivity (Wildman–Crippen MR) is 83.3 cm³/mol. The molecule has 0 fully saturated rings. The van der Waals surface area contributed by atoms with Gasteiger partial charge >= 0.3 is 0 Å². The maximum absolute atomic E-state index is 13.8. The fourth-order valence-electron chi connectivity index (χ4n) is 1.87. The molecule has 2 aromatic carbocycles. The second-order valence-electron chi connectivity index (χ2n) is 5.15. The zero-order valence-corrected chi connectivity index (χ0v) is 12.9. The van der Waals surface area contributed by atoms with Crippen molar-refractivity contribution in [2.75, 3.05) is 0 Å². The van der Waals surface area contributed by atoms with Crippen LogP contribution in [0.4, 0.5) is 8.78 Å². The molecule has 24 heavy (non-hydrogen) atoms. The Labute approximate surface area is 137 Å². The summed E-state index contributed by atoms with van der Waals surface area (Å²) in [4.78, 5) is 23.0. The molecule has 0 bridgehead atoms. The number of carbonyl (C=O) groups excluding carboxylic acids is 2. The van der Waals surface area contributed by atoms with E-state index in [1.807, 2.05) is 0 Å². The minimum Gasteiger partial charge on any atom is -0.489 e. The largest absolute Gasteiger partial charge is 0.489 e. The molecule has 0 aliphatic carbocycles. The molecule has 0 saturated heterocycles. The minimum atomic E-state index is -0.846. The lowest BCUT2D eigenvalue weighted by Gasteiger charge is -2.12. The average molecular weight is 334 g/mol. The van der Waals surface area contributed by atoms with E-state index in [1.165, 1.54) is 43.3 Å². The molecule has 7 heteroatoms. The van der Waals surface area contributed by atoms with Crippen molar-refractivity contribution < 1.29 is 23.1 Å². The molecule has 2 aromatic rings. The molecule has 0 aliphatic rings. The number of nitrogens with one attached hydrogen (secondary N) is 1. The first-order valence-corrected chi connectivity index (χ1v) is 7.14. The summed E-state index contributed by atoms with van der Waals surface area (Å²) >= 11 is 0. The van der Waals surface area contributed by atoms with Crippen LogP contribution in [0.25, 0.3) is 0 Å². The van der Waals surface area contributed by atoms with Crippen LogP contribution in [-0.2, 0) is 11.4 Å². The fourth-order valence-corrected chi connectivity index (χ4v) is 1.87. The maximum atomic E-state index is 13.8. The standard InChI is InChI=1S/C17H16F2N2O3/c1-10(16(20)22)21-17(23)11-2-7-15(19)12(8-11)9-24-14-5-3-13(18)4-6-14/h2-8,10H,9H2,1H3,(H2,20,22)(H,21,23). The molecular formula is C17H16F2N2O3. The molecule has 3 N–H and O–H groups in total. The highest BCUT2D eigenvalue weighted by molar-refractivity contribution is 5.97. The molecule has 0 saturated carbocycles. The lowest BCUT2D eigenvalue weighted by atomic mass is 10.1. The summed E-state index contributed by atoms with van der Waals surface area (Å²) in [5.41, 5.74) is 5.40. The number of benzene rings is 2. The predicted octanol–water partition coefficient (Wildman–Crippen LogP) is 2.15. The van der Waals surface area contributed by atoms with Gasteiger partial charge in [-0.3, -0.25) is 9.59 Å². The van der Waals surface area contributed by atoms with Crippen LogP contribution in [0.3, 0.4) is 0 Å². The van der Waals surface area contributed by atoms with Crippen molar-refractivity contribution >= 4 is 11.8 Å². The summed E-state index contributed by atoms with van der Waals surface area (Å²) in [5.74, 6) is -1.81. The Hall–Kier alpha value is -2.96. The number of ether oxygens (including phenoxy) is 1. The summed E-state index contributed by atoms with van der Waals surface area (Å²) in [6.07, 6.45) is 0. The van der Waals surface area contributed by atoms with Gasteiger partial charge in [-0.15, -0.1) is 0 Å². The van der Waals surface area contributed by atoms with Gasteiger partial charge in [-0.2, -0.15) is 0 Å². The van der Waals surface area contributed by atoms with Crippen molar-refractivity contribution in [3.63, 3.8) is 0 Å². The maximum Gasteiger partial charge on any atom is 0.251 e. The van der Waals surface area contributed by atoms with E-state index in [1.54, 1.807) is 0 Å². The van der Waals surface area contributed by atoms with E-state index in [0.29, 0.717) is 5.75 Å². The summed E-state index contributed by atoms with van der Waals surface area (Å²) in [6, 6.07) is 8.18. The molecule has 1 atom stereocenters. The molecular weight excluding hydrogens is 318 g/mol. The van der Waals surface area contributed by atoms with Crippen LogP contribution in [0, 0.1) is 11.6 Å². The third-order valence-corrected chi connectivity index (χ3v) is 3.29. The molecule has 0 spiro atoms. The minimum absolute atomic E-state index is 0.135. The second-order valence-corrected chi connectivity index (χ2v) is 5.15. The van der Waals surface area contributed by atoms with Gasteiger partial charge in [0.2, 0.25) is 5.91 Å². The Balaban J connectivity index is 2.09. The van der Waals surface area contributed by atoms with Crippen LogP contribution in [0.15, 0.2) is 42.5 Å². The van der Waals surface area contributed by atoms with Crippen LogP contribution >= 0.6 is 0 Å². The van der Waals surface area contributed by atoms with Gasteiger partial charge in [0.25, 0.3) is 5.91 Å². The third-order valence-electron chi connectivity index (χ3n) is 3.29.